The van der Waals surface area contributed by atoms with E-state index >= 15 is 0 Å². The van der Waals surface area contributed by atoms with E-state index < -0.39 is 12.1 Å². The third-order valence-corrected chi connectivity index (χ3v) is 7.86. The van der Waals surface area contributed by atoms with E-state index in [2.05, 4.69) is 53.6 Å². The fraction of sp³-hybridized carbons (Fsp3) is 0.429. The van der Waals surface area contributed by atoms with Gasteiger partial charge < -0.3 is 20.6 Å². The molecule has 1 fully saturated rings. The van der Waals surface area contributed by atoms with Crippen molar-refractivity contribution in [2.45, 2.75) is 64.3 Å². The van der Waals surface area contributed by atoms with Crippen molar-refractivity contribution >= 4 is 11.8 Å². The monoisotopic (exact) mass is 570 g/mol. The Morgan fingerprint density at radius 1 is 0.905 bits per heavy atom. The Morgan fingerprint density at radius 3 is 2.21 bits per heavy atom. The summed E-state index contributed by atoms with van der Waals surface area (Å²) in [5, 5.41) is 17.9. The van der Waals surface area contributed by atoms with Gasteiger partial charge in [0.25, 0.3) is 11.8 Å². The van der Waals surface area contributed by atoms with Gasteiger partial charge in [-0.3, -0.25) is 14.5 Å². The molecule has 4 rings (SSSR count). The summed E-state index contributed by atoms with van der Waals surface area (Å²) < 4.78 is 0. The van der Waals surface area contributed by atoms with Gasteiger partial charge in [0.1, 0.15) is 0 Å². The van der Waals surface area contributed by atoms with Crippen LogP contribution in [0.15, 0.2) is 84.9 Å². The maximum Gasteiger partial charge on any atom is 0.253 e. The van der Waals surface area contributed by atoms with Gasteiger partial charge in [0.05, 0.1) is 12.1 Å². The van der Waals surface area contributed by atoms with Gasteiger partial charge >= 0.3 is 0 Å². The molecule has 7 nitrogen and oxygen atoms in total. The van der Waals surface area contributed by atoms with Crippen molar-refractivity contribution in [2.75, 3.05) is 32.7 Å². The van der Waals surface area contributed by atoms with E-state index in [1.807, 2.05) is 41.3 Å². The highest BCUT2D eigenvalue weighted by atomic mass is 16.3. The molecule has 1 heterocycles. The SMILES string of the molecule is CCCN(CCC)C(=O)c1cccc(C(=O)N[C@@H](Cc2ccccc2)[C@H](O)CN[C@@H]2CCN(Cc3ccccc3)C2)c1. The second kappa shape index (κ2) is 16.2. The van der Waals surface area contributed by atoms with Crippen LogP contribution < -0.4 is 10.6 Å². The lowest BCUT2D eigenvalue weighted by Gasteiger charge is -2.26. The Balaban J connectivity index is 1.39. The normalized spacial score (nSPS) is 16.6. The van der Waals surface area contributed by atoms with Gasteiger partial charge in [-0.1, -0.05) is 80.6 Å². The number of amides is 2. The molecule has 224 valence electrons. The Kier molecular flexibility index (Phi) is 12.1. The summed E-state index contributed by atoms with van der Waals surface area (Å²) in [5.74, 6) is -0.353. The number of likely N-dealkylation sites (tertiary alicyclic amines) is 1. The number of aliphatic hydroxyl groups is 1. The van der Waals surface area contributed by atoms with Crippen molar-refractivity contribution in [1.82, 2.24) is 20.4 Å². The standard InChI is InChI=1S/C35H46N4O3/c1-3-19-39(20-4-2)35(42)30-17-11-16-29(23-30)34(41)37-32(22-27-12-7-5-8-13-27)33(40)24-36-31-18-21-38(26-31)25-28-14-9-6-10-15-28/h5-17,23,31-33,36,40H,3-4,18-22,24-26H2,1-2H3,(H,37,41)/t31-,32+,33-/m1/s1. The fourth-order valence-electron chi connectivity index (χ4n) is 5.65. The molecule has 42 heavy (non-hydrogen) atoms. The first kappa shape index (κ1) is 31.4. The Morgan fingerprint density at radius 2 is 1.55 bits per heavy atom. The maximum atomic E-state index is 13.4. The second-order valence-electron chi connectivity index (χ2n) is 11.3. The average molecular weight is 571 g/mol. The topological polar surface area (TPSA) is 84.9 Å². The van der Waals surface area contributed by atoms with Gasteiger partial charge in [-0.15, -0.1) is 0 Å². The van der Waals surface area contributed by atoms with E-state index in [1.54, 1.807) is 24.3 Å². The Labute approximate surface area is 250 Å². The minimum Gasteiger partial charge on any atom is -0.390 e. The highest BCUT2D eigenvalue weighted by Gasteiger charge is 2.27. The largest absolute Gasteiger partial charge is 0.390 e. The summed E-state index contributed by atoms with van der Waals surface area (Å²) in [4.78, 5) is 30.9. The van der Waals surface area contributed by atoms with E-state index in [0.717, 1.165) is 44.5 Å². The minimum atomic E-state index is -0.785. The van der Waals surface area contributed by atoms with Crippen molar-refractivity contribution in [3.05, 3.63) is 107 Å². The molecular weight excluding hydrogens is 524 g/mol. The molecule has 0 saturated carbocycles. The average Bonchev–Trinajstić information content (AvgIpc) is 3.47. The van der Waals surface area contributed by atoms with E-state index in [-0.39, 0.29) is 17.9 Å². The van der Waals surface area contributed by atoms with Crippen LogP contribution >= 0.6 is 0 Å². The van der Waals surface area contributed by atoms with Crippen molar-refractivity contribution in [3.63, 3.8) is 0 Å². The van der Waals surface area contributed by atoms with Crippen LogP contribution in [0.4, 0.5) is 0 Å². The summed E-state index contributed by atoms with van der Waals surface area (Å²) in [7, 11) is 0. The van der Waals surface area contributed by atoms with Gasteiger partial charge in [0.15, 0.2) is 0 Å². The van der Waals surface area contributed by atoms with Crippen molar-refractivity contribution in [2.24, 2.45) is 0 Å². The Hall–Kier alpha value is -3.52. The summed E-state index contributed by atoms with van der Waals surface area (Å²) in [6.07, 6.45) is 2.49. The summed E-state index contributed by atoms with van der Waals surface area (Å²) in [6.45, 7) is 8.72. The predicted molar refractivity (Wildman–Crippen MR) is 168 cm³/mol. The van der Waals surface area contributed by atoms with Crippen LogP contribution in [0.25, 0.3) is 0 Å². The number of carbonyl (C=O) groups is 2. The van der Waals surface area contributed by atoms with E-state index in [4.69, 9.17) is 0 Å². The molecule has 1 aliphatic heterocycles. The molecule has 1 aliphatic rings. The van der Waals surface area contributed by atoms with Gasteiger partial charge in [-0.05, 0) is 55.0 Å². The van der Waals surface area contributed by atoms with Gasteiger partial charge in [0, 0.05) is 56.4 Å². The second-order valence-corrected chi connectivity index (χ2v) is 11.3. The van der Waals surface area contributed by atoms with Crippen LogP contribution in [-0.4, -0.2) is 77.6 Å². The maximum absolute atomic E-state index is 13.4. The first-order valence-corrected chi connectivity index (χ1v) is 15.4. The molecule has 0 bridgehead atoms. The van der Waals surface area contributed by atoms with E-state index in [0.29, 0.717) is 37.2 Å². The number of nitrogens with one attached hydrogen (secondary N) is 2. The molecule has 3 atom stereocenters. The third kappa shape index (κ3) is 9.24. The lowest BCUT2D eigenvalue weighted by Crippen LogP contribution is -2.50. The zero-order chi connectivity index (χ0) is 29.7. The van der Waals surface area contributed by atoms with Gasteiger partial charge in [-0.2, -0.15) is 0 Å². The van der Waals surface area contributed by atoms with E-state index in [9.17, 15) is 14.7 Å². The smallest absolute Gasteiger partial charge is 0.253 e. The number of nitrogens with zero attached hydrogens (tertiary/aromatic N) is 2. The van der Waals surface area contributed by atoms with Crippen LogP contribution in [0.3, 0.4) is 0 Å². The molecule has 3 aromatic carbocycles. The highest BCUT2D eigenvalue weighted by molar-refractivity contribution is 5.99. The molecule has 0 spiro atoms. The first-order valence-electron chi connectivity index (χ1n) is 15.4. The molecule has 2 amide bonds. The van der Waals surface area contributed by atoms with Gasteiger partial charge in [0.2, 0.25) is 0 Å². The van der Waals surface area contributed by atoms with Crippen molar-refractivity contribution in [1.29, 1.82) is 0 Å². The number of benzene rings is 3. The van der Waals surface area contributed by atoms with Crippen LogP contribution in [-0.2, 0) is 13.0 Å². The molecule has 7 heteroatoms. The summed E-state index contributed by atoms with van der Waals surface area (Å²) in [6, 6.07) is 27.1. The molecule has 3 aromatic rings. The lowest BCUT2D eigenvalue weighted by molar-refractivity contribution is 0.0755. The number of hydrogen-bond donors (Lipinski definition) is 3. The van der Waals surface area contributed by atoms with Crippen molar-refractivity contribution < 1.29 is 14.7 Å². The molecule has 3 N–H and O–H groups in total. The number of rotatable bonds is 15. The molecule has 1 saturated heterocycles. The first-order chi connectivity index (χ1) is 20.5. The highest BCUT2D eigenvalue weighted by Crippen LogP contribution is 2.15. The third-order valence-electron chi connectivity index (χ3n) is 7.86. The zero-order valence-electron chi connectivity index (χ0n) is 25.0. The lowest BCUT2D eigenvalue weighted by atomic mass is 10.00. The van der Waals surface area contributed by atoms with Crippen molar-refractivity contribution in [3.8, 4) is 0 Å². The minimum absolute atomic E-state index is 0.0590. The fourth-order valence-corrected chi connectivity index (χ4v) is 5.65. The number of hydrogen-bond acceptors (Lipinski definition) is 5. The Bertz CT molecular complexity index is 1250. The molecular formula is C35H46N4O3. The predicted octanol–water partition coefficient (Wildman–Crippen LogP) is 4.51. The van der Waals surface area contributed by atoms with E-state index in [1.165, 1.54) is 5.56 Å². The molecule has 0 aliphatic carbocycles. The summed E-state index contributed by atoms with van der Waals surface area (Å²) >= 11 is 0. The van der Waals surface area contributed by atoms with Crippen LogP contribution in [0.5, 0.6) is 0 Å². The van der Waals surface area contributed by atoms with Crippen LogP contribution in [0, 0.1) is 0 Å². The molecule has 0 aromatic heterocycles. The van der Waals surface area contributed by atoms with Crippen LogP contribution in [0.2, 0.25) is 0 Å². The molecule has 0 unspecified atom stereocenters. The quantitative estimate of drug-likeness (QED) is 0.250. The summed E-state index contributed by atoms with van der Waals surface area (Å²) in [5.41, 5.74) is 3.26. The van der Waals surface area contributed by atoms with Crippen LogP contribution in [0.1, 0.15) is 65.0 Å². The molecule has 0 radical (unpaired) electrons. The number of aliphatic hydroxyl groups excluding tert-OH is 1. The van der Waals surface area contributed by atoms with Gasteiger partial charge in [-0.25, -0.2) is 0 Å². The number of carbonyl (C=O) groups excluding carboxylic acids is 2. The zero-order valence-corrected chi connectivity index (χ0v) is 25.0.